The molecule has 0 aliphatic carbocycles. The molecule has 4 nitrogen and oxygen atoms in total. The average molecular weight is 270 g/mol. The number of carbonyl (C=O) groups excluding carboxylic acids is 1. The Balaban J connectivity index is 2.51. The second-order valence-corrected chi connectivity index (χ2v) is 5.24. The summed E-state index contributed by atoms with van der Waals surface area (Å²) in [5.74, 6) is -0.110. The third kappa shape index (κ3) is 2.12. The molecular formula is C11H12ClN3OS. The monoisotopic (exact) mass is 269 g/mol. The van der Waals surface area contributed by atoms with E-state index in [2.05, 4.69) is 10.1 Å². The minimum absolute atomic E-state index is 0.0923. The molecule has 90 valence electrons. The molecule has 6 heteroatoms. The molecule has 0 N–H and O–H groups in total. The zero-order chi connectivity index (χ0) is 12.6. The highest BCUT2D eigenvalue weighted by Crippen LogP contribution is 2.25. The molecule has 0 aliphatic rings. The number of rotatable bonds is 3. The minimum Gasteiger partial charge on any atom is -0.286 e. The smallest absolute Gasteiger partial charge is 0.224 e. The summed E-state index contributed by atoms with van der Waals surface area (Å²) in [4.78, 5) is 17.1. The fourth-order valence-corrected chi connectivity index (χ4v) is 2.53. The minimum atomic E-state index is -0.110. The number of aromatic nitrogens is 3. The van der Waals surface area contributed by atoms with Gasteiger partial charge >= 0.3 is 0 Å². The number of carbonyl (C=O) groups is 1. The van der Waals surface area contributed by atoms with Gasteiger partial charge in [0.05, 0.1) is 27.3 Å². The highest BCUT2D eigenvalue weighted by atomic mass is 35.5. The van der Waals surface area contributed by atoms with Crippen LogP contribution in [0.1, 0.15) is 40.9 Å². The number of nitrogens with zero attached hydrogens (tertiary/aromatic N) is 3. The highest BCUT2D eigenvalue weighted by molar-refractivity contribution is 7.12. The molecule has 2 aromatic heterocycles. The van der Waals surface area contributed by atoms with Crippen LogP contribution in [0.3, 0.4) is 0 Å². The zero-order valence-corrected chi connectivity index (χ0v) is 11.3. The van der Waals surface area contributed by atoms with E-state index in [4.69, 9.17) is 11.6 Å². The fraction of sp³-hybridized carbons (Fsp3) is 0.364. The van der Waals surface area contributed by atoms with E-state index < -0.39 is 0 Å². The van der Waals surface area contributed by atoms with E-state index in [9.17, 15) is 4.79 Å². The van der Waals surface area contributed by atoms with Crippen LogP contribution < -0.4 is 0 Å². The lowest BCUT2D eigenvalue weighted by atomic mass is 10.2. The zero-order valence-electron chi connectivity index (χ0n) is 9.77. The van der Waals surface area contributed by atoms with Crippen molar-refractivity contribution in [3.63, 3.8) is 0 Å². The van der Waals surface area contributed by atoms with Crippen molar-refractivity contribution in [2.45, 2.75) is 26.8 Å². The number of hydrogen-bond acceptors (Lipinski definition) is 4. The predicted molar refractivity (Wildman–Crippen MR) is 67.9 cm³/mol. The van der Waals surface area contributed by atoms with E-state index in [1.54, 1.807) is 10.2 Å². The second-order valence-electron chi connectivity index (χ2n) is 3.98. The lowest BCUT2D eigenvalue weighted by Gasteiger charge is -2.09. The first-order valence-corrected chi connectivity index (χ1v) is 6.46. The Morgan fingerprint density at radius 2 is 2.24 bits per heavy atom. The van der Waals surface area contributed by atoms with Gasteiger partial charge in [-0.3, -0.25) is 9.48 Å². The second kappa shape index (κ2) is 4.58. The molecule has 0 fully saturated rings. The van der Waals surface area contributed by atoms with Crippen LogP contribution in [0.25, 0.3) is 0 Å². The van der Waals surface area contributed by atoms with Gasteiger partial charge in [0, 0.05) is 6.04 Å². The predicted octanol–water partition coefficient (Wildman–Crippen LogP) is 3.11. The van der Waals surface area contributed by atoms with Gasteiger partial charge in [0.15, 0.2) is 0 Å². The van der Waals surface area contributed by atoms with Gasteiger partial charge in [-0.05, 0) is 20.8 Å². The van der Waals surface area contributed by atoms with E-state index in [0.29, 0.717) is 15.6 Å². The van der Waals surface area contributed by atoms with Crippen LogP contribution in [0.5, 0.6) is 0 Å². The topological polar surface area (TPSA) is 47.8 Å². The van der Waals surface area contributed by atoms with Crippen molar-refractivity contribution in [3.05, 3.63) is 33.0 Å². The van der Waals surface area contributed by atoms with Crippen molar-refractivity contribution in [2.24, 2.45) is 0 Å². The van der Waals surface area contributed by atoms with Crippen LogP contribution >= 0.6 is 22.9 Å². The Morgan fingerprint density at radius 3 is 2.76 bits per heavy atom. The molecule has 0 atom stereocenters. The summed E-state index contributed by atoms with van der Waals surface area (Å²) in [7, 11) is 0. The summed E-state index contributed by atoms with van der Waals surface area (Å²) in [5.41, 5.74) is 2.83. The van der Waals surface area contributed by atoms with E-state index in [0.717, 1.165) is 5.69 Å². The quantitative estimate of drug-likeness (QED) is 0.805. The first kappa shape index (κ1) is 12.3. The Morgan fingerprint density at radius 1 is 1.53 bits per heavy atom. The molecule has 2 heterocycles. The SMILES string of the molecule is Cc1ncsc1C(=O)c1c(Cl)cnn1C(C)C. The van der Waals surface area contributed by atoms with E-state index in [-0.39, 0.29) is 11.8 Å². The summed E-state index contributed by atoms with van der Waals surface area (Å²) in [6, 6.07) is 0.0923. The molecule has 2 aromatic rings. The number of halogens is 1. The van der Waals surface area contributed by atoms with Crippen molar-refractivity contribution in [1.29, 1.82) is 0 Å². The molecule has 0 radical (unpaired) electrons. The maximum absolute atomic E-state index is 12.4. The molecule has 0 spiro atoms. The normalized spacial score (nSPS) is 11.1. The maximum atomic E-state index is 12.4. The Hall–Kier alpha value is -1.20. The number of thiazole rings is 1. The van der Waals surface area contributed by atoms with Crippen LogP contribution in [-0.2, 0) is 0 Å². The largest absolute Gasteiger partial charge is 0.286 e. The Bertz CT molecular complexity index is 559. The van der Waals surface area contributed by atoms with Gasteiger partial charge in [0.1, 0.15) is 5.69 Å². The van der Waals surface area contributed by atoms with Crippen molar-refractivity contribution in [1.82, 2.24) is 14.8 Å². The lowest BCUT2D eigenvalue weighted by Crippen LogP contribution is -2.13. The lowest BCUT2D eigenvalue weighted by molar-refractivity contribution is 0.103. The van der Waals surface area contributed by atoms with Gasteiger partial charge < -0.3 is 0 Å². The maximum Gasteiger partial charge on any atom is 0.224 e. The van der Waals surface area contributed by atoms with Crippen molar-refractivity contribution < 1.29 is 4.79 Å². The molecular weight excluding hydrogens is 258 g/mol. The third-order valence-electron chi connectivity index (χ3n) is 2.41. The van der Waals surface area contributed by atoms with Crippen molar-refractivity contribution >= 4 is 28.7 Å². The van der Waals surface area contributed by atoms with Gasteiger partial charge in [0.25, 0.3) is 0 Å². The molecule has 17 heavy (non-hydrogen) atoms. The molecule has 0 aromatic carbocycles. The summed E-state index contributed by atoms with van der Waals surface area (Å²) in [6.07, 6.45) is 1.51. The van der Waals surface area contributed by atoms with E-state index in [1.165, 1.54) is 17.5 Å². The summed E-state index contributed by atoms with van der Waals surface area (Å²) < 4.78 is 1.64. The Kier molecular flexibility index (Phi) is 3.31. The van der Waals surface area contributed by atoms with Crippen LogP contribution in [0.2, 0.25) is 5.02 Å². The van der Waals surface area contributed by atoms with E-state index >= 15 is 0 Å². The van der Waals surface area contributed by atoms with Crippen LogP contribution in [0.4, 0.5) is 0 Å². The summed E-state index contributed by atoms with van der Waals surface area (Å²) in [6.45, 7) is 5.73. The molecule has 0 saturated heterocycles. The van der Waals surface area contributed by atoms with Crippen LogP contribution in [0.15, 0.2) is 11.7 Å². The van der Waals surface area contributed by atoms with Gasteiger partial charge in [-0.25, -0.2) is 4.98 Å². The highest BCUT2D eigenvalue weighted by Gasteiger charge is 2.23. The number of ketones is 1. The van der Waals surface area contributed by atoms with Gasteiger partial charge in [-0.1, -0.05) is 11.6 Å². The van der Waals surface area contributed by atoms with Crippen molar-refractivity contribution in [2.75, 3.05) is 0 Å². The van der Waals surface area contributed by atoms with Gasteiger partial charge in [-0.15, -0.1) is 11.3 Å². The Labute approximate surface area is 108 Å². The van der Waals surface area contributed by atoms with Crippen molar-refractivity contribution in [3.8, 4) is 0 Å². The summed E-state index contributed by atoms with van der Waals surface area (Å²) in [5, 5.41) is 4.51. The molecule has 0 unspecified atom stereocenters. The third-order valence-corrected chi connectivity index (χ3v) is 3.61. The average Bonchev–Trinajstić information content (AvgIpc) is 2.83. The van der Waals surface area contributed by atoms with E-state index in [1.807, 2.05) is 20.8 Å². The first-order valence-electron chi connectivity index (χ1n) is 5.20. The molecule has 0 bridgehead atoms. The van der Waals surface area contributed by atoms with Crippen LogP contribution in [0, 0.1) is 6.92 Å². The van der Waals surface area contributed by atoms with Gasteiger partial charge in [0.2, 0.25) is 5.78 Å². The van der Waals surface area contributed by atoms with Gasteiger partial charge in [-0.2, -0.15) is 5.10 Å². The molecule has 0 amide bonds. The molecule has 0 saturated carbocycles. The summed E-state index contributed by atoms with van der Waals surface area (Å²) >= 11 is 7.36. The molecule has 0 aliphatic heterocycles. The number of hydrogen-bond donors (Lipinski definition) is 0. The first-order chi connectivity index (χ1) is 8.02. The fourth-order valence-electron chi connectivity index (χ4n) is 1.57. The van der Waals surface area contributed by atoms with Crippen LogP contribution in [-0.4, -0.2) is 20.5 Å². The standard InChI is InChI=1S/C11H12ClN3OS/c1-6(2)15-9(8(12)4-14-15)10(16)11-7(3)13-5-17-11/h4-6H,1-3H3. The number of aryl methyl sites for hydroxylation is 1. The molecule has 2 rings (SSSR count).